The Morgan fingerprint density at radius 1 is 1.13 bits per heavy atom. The van der Waals surface area contributed by atoms with Crippen LogP contribution in [0.15, 0.2) is 42.5 Å². The molecule has 2 aliphatic heterocycles. The second kappa shape index (κ2) is 9.13. The quantitative estimate of drug-likeness (QED) is 0.675. The second-order valence-corrected chi connectivity index (χ2v) is 9.42. The zero-order chi connectivity index (χ0) is 22.0. The van der Waals surface area contributed by atoms with Gasteiger partial charge in [-0.2, -0.15) is 0 Å². The summed E-state index contributed by atoms with van der Waals surface area (Å²) >= 11 is 0. The molecule has 0 radical (unpaired) electrons. The van der Waals surface area contributed by atoms with Crippen LogP contribution in [0.4, 0.5) is 8.78 Å². The number of hydrogen-bond donors (Lipinski definition) is 1. The average Bonchev–Trinajstić information content (AvgIpc) is 2.69. The number of fused-ring (bicyclic) bond motifs is 1. The Morgan fingerprint density at radius 3 is 2.55 bits per heavy atom. The van der Waals surface area contributed by atoms with Crippen LogP contribution in [-0.2, 0) is 6.42 Å². The van der Waals surface area contributed by atoms with E-state index in [-0.39, 0.29) is 24.4 Å². The number of benzene rings is 2. The molecule has 0 aliphatic carbocycles. The Hall–Kier alpha value is -2.18. The lowest BCUT2D eigenvalue weighted by Gasteiger charge is -2.40. The van der Waals surface area contributed by atoms with Gasteiger partial charge in [0.05, 0.1) is 12.7 Å². The first-order valence-corrected chi connectivity index (χ1v) is 11.1. The number of likely N-dealkylation sites (tertiary alicyclic amines) is 1. The van der Waals surface area contributed by atoms with Crippen molar-refractivity contribution in [2.45, 2.75) is 32.0 Å². The molecule has 0 aromatic heterocycles. The smallest absolute Gasteiger partial charge is 0.119 e. The van der Waals surface area contributed by atoms with Crippen molar-refractivity contribution in [3.63, 3.8) is 0 Å². The highest BCUT2D eigenvalue weighted by molar-refractivity contribution is 5.44. The van der Waals surface area contributed by atoms with E-state index in [9.17, 15) is 13.9 Å². The van der Waals surface area contributed by atoms with E-state index in [1.165, 1.54) is 0 Å². The van der Waals surface area contributed by atoms with Crippen LogP contribution in [0.5, 0.6) is 11.5 Å². The Bertz CT molecular complexity index is 876. The molecular formula is C25H32F2N2O2. The third-order valence-corrected chi connectivity index (χ3v) is 6.16. The van der Waals surface area contributed by atoms with E-state index in [4.69, 9.17) is 4.74 Å². The van der Waals surface area contributed by atoms with Crippen LogP contribution in [-0.4, -0.2) is 66.6 Å². The highest BCUT2D eigenvalue weighted by Crippen LogP contribution is 2.38. The molecule has 2 aromatic rings. The van der Waals surface area contributed by atoms with Gasteiger partial charge in [0.2, 0.25) is 0 Å². The van der Waals surface area contributed by atoms with Gasteiger partial charge in [-0.25, -0.2) is 4.39 Å². The summed E-state index contributed by atoms with van der Waals surface area (Å²) in [5.74, 6) is 1.25. The predicted molar refractivity (Wildman–Crippen MR) is 118 cm³/mol. The van der Waals surface area contributed by atoms with E-state index >= 15 is 0 Å². The van der Waals surface area contributed by atoms with Gasteiger partial charge in [0.1, 0.15) is 23.8 Å². The molecule has 0 amide bonds. The Morgan fingerprint density at radius 2 is 1.87 bits per heavy atom. The van der Waals surface area contributed by atoms with Crippen molar-refractivity contribution in [3.8, 4) is 11.5 Å². The van der Waals surface area contributed by atoms with Crippen molar-refractivity contribution in [2.75, 3.05) is 46.0 Å². The largest absolute Gasteiger partial charge is 0.508 e. The van der Waals surface area contributed by atoms with Gasteiger partial charge >= 0.3 is 0 Å². The van der Waals surface area contributed by atoms with E-state index in [1.54, 1.807) is 19.9 Å². The molecule has 1 N–H and O–H groups in total. The maximum atomic E-state index is 14.5. The number of hydrogen-bond acceptors (Lipinski definition) is 4. The minimum absolute atomic E-state index is 0.0628. The summed E-state index contributed by atoms with van der Waals surface area (Å²) in [4.78, 5) is 4.38. The maximum Gasteiger partial charge on any atom is 0.119 e. The van der Waals surface area contributed by atoms with Crippen LogP contribution in [0.25, 0.3) is 0 Å². The summed E-state index contributed by atoms with van der Waals surface area (Å²) in [5.41, 5.74) is 2.01. The lowest BCUT2D eigenvalue weighted by Crippen LogP contribution is -2.49. The van der Waals surface area contributed by atoms with Crippen molar-refractivity contribution in [1.29, 1.82) is 0 Å². The third-order valence-electron chi connectivity index (χ3n) is 6.16. The van der Waals surface area contributed by atoms with E-state index in [0.717, 1.165) is 55.0 Å². The number of alkyl halides is 2. The summed E-state index contributed by atoms with van der Waals surface area (Å²) in [7, 11) is 0. The summed E-state index contributed by atoms with van der Waals surface area (Å²) in [6, 6.07) is 13.4. The predicted octanol–water partition coefficient (Wildman–Crippen LogP) is 4.37. The molecule has 0 bridgehead atoms. The van der Waals surface area contributed by atoms with Gasteiger partial charge in [-0.15, -0.1) is 0 Å². The number of halogens is 2. The zero-order valence-corrected chi connectivity index (χ0v) is 18.4. The molecule has 4 rings (SSSR count). The monoisotopic (exact) mass is 430 g/mol. The first-order valence-electron chi connectivity index (χ1n) is 11.1. The molecule has 1 atom stereocenters. The van der Waals surface area contributed by atoms with Gasteiger partial charge in [0.25, 0.3) is 0 Å². The normalized spacial score (nSPS) is 20.3. The number of ether oxygens (including phenoxy) is 1. The van der Waals surface area contributed by atoms with Crippen molar-refractivity contribution >= 4 is 0 Å². The van der Waals surface area contributed by atoms with Crippen molar-refractivity contribution in [1.82, 2.24) is 9.80 Å². The van der Waals surface area contributed by atoms with Crippen LogP contribution in [0.2, 0.25) is 0 Å². The molecule has 31 heavy (non-hydrogen) atoms. The summed E-state index contributed by atoms with van der Waals surface area (Å²) in [5, 5.41) is 9.89. The first kappa shape index (κ1) is 22.0. The highest BCUT2D eigenvalue weighted by Gasteiger charge is 2.33. The lowest BCUT2D eigenvalue weighted by atomic mass is 9.87. The third kappa shape index (κ3) is 5.36. The molecule has 0 spiro atoms. The Balaban J connectivity index is 1.46. The molecule has 168 valence electrons. The fourth-order valence-electron chi connectivity index (χ4n) is 4.70. The topological polar surface area (TPSA) is 35.9 Å². The van der Waals surface area contributed by atoms with Crippen LogP contribution in [0, 0.1) is 5.92 Å². The average molecular weight is 431 g/mol. The molecule has 6 heteroatoms. The fourth-order valence-corrected chi connectivity index (χ4v) is 4.70. The molecule has 2 aromatic carbocycles. The maximum absolute atomic E-state index is 14.5. The standard InChI is InChI=1S/C25H32F2N2O2/c1-25(2,27)17-29-10-9-20-13-21(30)5-8-23(20)24(29)19-3-6-22(7-4-19)31-12-11-28-15-18(14-26)16-28/h3-8,13,18,24,30H,9-12,14-17H2,1-2H3/t24-/m0/s1. The second-order valence-electron chi connectivity index (χ2n) is 9.42. The minimum Gasteiger partial charge on any atom is -0.508 e. The van der Waals surface area contributed by atoms with Gasteiger partial charge in [-0.1, -0.05) is 18.2 Å². The van der Waals surface area contributed by atoms with E-state index < -0.39 is 5.67 Å². The zero-order valence-electron chi connectivity index (χ0n) is 18.4. The number of rotatable bonds is 8. The van der Waals surface area contributed by atoms with Crippen molar-refractivity contribution in [3.05, 3.63) is 59.2 Å². The molecule has 1 saturated heterocycles. The number of phenolic OH excluding ortho intramolecular Hbond substituents is 1. The van der Waals surface area contributed by atoms with Gasteiger partial charge < -0.3 is 9.84 Å². The molecule has 1 fully saturated rings. The van der Waals surface area contributed by atoms with Crippen LogP contribution < -0.4 is 4.74 Å². The SMILES string of the molecule is CC(C)(F)CN1CCc2cc(O)ccc2[C@@H]1c1ccc(OCCN2CC(CF)C2)cc1. The lowest BCUT2D eigenvalue weighted by molar-refractivity contribution is 0.0668. The van der Waals surface area contributed by atoms with Crippen molar-refractivity contribution in [2.24, 2.45) is 5.92 Å². The molecule has 0 unspecified atom stereocenters. The van der Waals surface area contributed by atoms with Crippen LogP contribution in [0.1, 0.15) is 36.6 Å². The molecule has 0 saturated carbocycles. The van der Waals surface area contributed by atoms with Crippen molar-refractivity contribution < 1.29 is 18.6 Å². The van der Waals surface area contributed by atoms with Gasteiger partial charge in [-0.3, -0.25) is 14.2 Å². The number of nitrogens with zero attached hydrogens (tertiary/aromatic N) is 2. The Labute approximate surface area is 183 Å². The fraction of sp³-hybridized carbons (Fsp3) is 0.520. The highest BCUT2D eigenvalue weighted by atomic mass is 19.1. The Kier molecular flexibility index (Phi) is 6.49. The van der Waals surface area contributed by atoms with Gasteiger partial charge in [0.15, 0.2) is 0 Å². The number of phenols is 1. The summed E-state index contributed by atoms with van der Waals surface area (Å²) < 4.78 is 32.9. The van der Waals surface area contributed by atoms with E-state index in [1.807, 2.05) is 36.4 Å². The van der Waals surface area contributed by atoms with E-state index in [0.29, 0.717) is 13.2 Å². The minimum atomic E-state index is -1.30. The molecule has 2 heterocycles. The molecule has 4 nitrogen and oxygen atoms in total. The summed E-state index contributed by atoms with van der Waals surface area (Å²) in [6.07, 6.45) is 0.789. The molecular weight excluding hydrogens is 398 g/mol. The molecule has 2 aliphatic rings. The van der Waals surface area contributed by atoms with Gasteiger partial charge in [-0.05, 0) is 61.2 Å². The van der Waals surface area contributed by atoms with Crippen LogP contribution in [0.3, 0.4) is 0 Å². The summed E-state index contributed by atoms with van der Waals surface area (Å²) in [6.45, 7) is 7.08. The van der Waals surface area contributed by atoms with E-state index in [2.05, 4.69) is 9.80 Å². The first-order chi connectivity index (χ1) is 14.8. The number of aromatic hydroxyl groups is 1. The van der Waals surface area contributed by atoms with Crippen LogP contribution >= 0.6 is 0 Å². The van der Waals surface area contributed by atoms with Gasteiger partial charge in [0, 0.05) is 38.6 Å².